The number of benzene rings is 1. The van der Waals surface area contributed by atoms with E-state index in [1.807, 2.05) is 28.9 Å². The van der Waals surface area contributed by atoms with E-state index in [0.29, 0.717) is 13.1 Å². The van der Waals surface area contributed by atoms with Gasteiger partial charge in [-0.2, -0.15) is 0 Å². The third-order valence-corrected chi connectivity index (χ3v) is 5.63. The predicted octanol–water partition coefficient (Wildman–Crippen LogP) is 3.47. The summed E-state index contributed by atoms with van der Waals surface area (Å²) < 4.78 is 1.16. The van der Waals surface area contributed by atoms with Gasteiger partial charge in [0.2, 0.25) is 5.91 Å². The van der Waals surface area contributed by atoms with Gasteiger partial charge in [0, 0.05) is 41.4 Å². The SMILES string of the molecule is Cc1cc(I)ccc1NC(=O)C1CCN(C(=O)N2CCCC2)CC1. The van der Waals surface area contributed by atoms with Gasteiger partial charge < -0.3 is 15.1 Å². The van der Waals surface area contributed by atoms with Crippen LogP contribution < -0.4 is 5.32 Å². The van der Waals surface area contributed by atoms with Crippen LogP contribution in [0.3, 0.4) is 0 Å². The molecule has 3 rings (SSSR count). The highest BCUT2D eigenvalue weighted by atomic mass is 127. The molecule has 6 heteroatoms. The molecular weight excluding hydrogens is 417 g/mol. The van der Waals surface area contributed by atoms with Crippen LogP contribution in [-0.4, -0.2) is 47.9 Å². The molecule has 0 bridgehead atoms. The highest BCUT2D eigenvalue weighted by Gasteiger charge is 2.30. The second-order valence-electron chi connectivity index (χ2n) is 6.69. The summed E-state index contributed by atoms with van der Waals surface area (Å²) in [5.41, 5.74) is 1.97. The van der Waals surface area contributed by atoms with Gasteiger partial charge in [-0.1, -0.05) is 0 Å². The van der Waals surface area contributed by atoms with E-state index in [4.69, 9.17) is 0 Å². The van der Waals surface area contributed by atoms with Crippen molar-refractivity contribution in [3.05, 3.63) is 27.3 Å². The maximum atomic E-state index is 12.5. The second-order valence-corrected chi connectivity index (χ2v) is 7.93. The lowest BCUT2D eigenvalue weighted by atomic mass is 9.96. The summed E-state index contributed by atoms with van der Waals surface area (Å²) in [5.74, 6) is 0.0684. The molecular formula is C18H24IN3O2. The minimum atomic E-state index is -0.00805. The van der Waals surface area contributed by atoms with Gasteiger partial charge in [-0.25, -0.2) is 4.79 Å². The van der Waals surface area contributed by atoms with Crippen molar-refractivity contribution in [2.24, 2.45) is 5.92 Å². The quantitative estimate of drug-likeness (QED) is 0.715. The first kappa shape index (κ1) is 17.5. The Morgan fingerprint density at radius 1 is 1.08 bits per heavy atom. The Morgan fingerprint density at radius 2 is 1.71 bits per heavy atom. The van der Waals surface area contributed by atoms with Gasteiger partial charge in [0.15, 0.2) is 0 Å². The number of amides is 3. The van der Waals surface area contributed by atoms with E-state index in [0.717, 1.165) is 53.6 Å². The minimum absolute atomic E-state index is 0.00805. The number of anilines is 1. The Balaban J connectivity index is 1.52. The molecule has 3 amide bonds. The molecule has 130 valence electrons. The highest BCUT2D eigenvalue weighted by Crippen LogP contribution is 2.23. The smallest absolute Gasteiger partial charge is 0.319 e. The van der Waals surface area contributed by atoms with Crippen molar-refractivity contribution in [1.29, 1.82) is 0 Å². The van der Waals surface area contributed by atoms with Crippen LogP contribution in [0.2, 0.25) is 0 Å². The number of aryl methyl sites for hydroxylation is 1. The molecule has 0 aliphatic carbocycles. The number of nitrogens with zero attached hydrogens (tertiary/aromatic N) is 2. The van der Waals surface area contributed by atoms with E-state index in [1.165, 1.54) is 0 Å². The fourth-order valence-electron chi connectivity index (χ4n) is 3.44. The zero-order chi connectivity index (χ0) is 17.1. The molecule has 0 spiro atoms. The predicted molar refractivity (Wildman–Crippen MR) is 103 cm³/mol. The van der Waals surface area contributed by atoms with Crippen molar-refractivity contribution < 1.29 is 9.59 Å². The topological polar surface area (TPSA) is 52.7 Å². The molecule has 1 N–H and O–H groups in total. The summed E-state index contributed by atoms with van der Waals surface area (Å²) >= 11 is 2.27. The first-order valence-corrected chi connectivity index (χ1v) is 9.73. The van der Waals surface area contributed by atoms with E-state index in [1.54, 1.807) is 0 Å². The molecule has 2 aliphatic rings. The van der Waals surface area contributed by atoms with Crippen LogP contribution in [0, 0.1) is 16.4 Å². The third-order valence-electron chi connectivity index (χ3n) is 4.96. The number of piperidine rings is 1. The van der Waals surface area contributed by atoms with Crippen LogP contribution in [0.5, 0.6) is 0 Å². The van der Waals surface area contributed by atoms with E-state index in [-0.39, 0.29) is 17.9 Å². The molecule has 24 heavy (non-hydrogen) atoms. The summed E-state index contributed by atoms with van der Waals surface area (Å²) in [6.45, 7) is 5.13. The highest BCUT2D eigenvalue weighted by molar-refractivity contribution is 14.1. The molecule has 2 heterocycles. The lowest BCUT2D eigenvalue weighted by Crippen LogP contribution is -2.47. The zero-order valence-electron chi connectivity index (χ0n) is 14.1. The maximum Gasteiger partial charge on any atom is 0.319 e. The van der Waals surface area contributed by atoms with Gasteiger partial charge in [0.05, 0.1) is 0 Å². The van der Waals surface area contributed by atoms with E-state index >= 15 is 0 Å². The molecule has 2 saturated heterocycles. The molecule has 0 unspecified atom stereocenters. The number of rotatable bonds is 2. The number of nitrogens with one attached hydrogen (secondary N) is 1. The molecule has 5 nitrogen and oxygen atoms in total. The fraction of sp³-hybridized carbons (Fsp3) is 0.556. The maximum absolute atomic E-state index is 12.5. The molecule has 0 aromatic heterocycles. The van der Waals surface area contributed by atoms with Crippen LogP contribution in [0.25, 0.3) is 0 Å². The number of carbonyl (C=O) groups is 2. The summed E-state index contributed by atoms with van der Waals surface area (Å²) in [7, 11) is 0. The first-order valence-electron chi connectivity index (χ1n) is 8.65. The average molecular weight is 441 g/mol. The van der Waals surface area contributed by atoms with Gasteiger partial charge >= 0.3 is 6.03 Å². The Hall–Kier alpha value is -1.31. The molecule has 2 fully saturated rings. The summed E-state index contributed by atoms with van der Waals surface area (Å²) in [6, 6.07) is 6.18. The van der Waals surface area contributed by atoms with Gasteiger partial charge in [-0.3, -0.25) is 4.79 Å². The Morgan fingerprint density at radius 3 is 2.33 bits per heavy atom. The molecule has 0 radical (unpaired) electrons. The van der Waals surface area contributed by atoms with E-state index in [2.05, 4.69) is 34.0 Å². The average Bonchev–Trinajstić information content (AvgIpc) is 3.11. The van der Waals surface area contributed by atoms with Gasteiger partial charge in [-0.05, 0) is 79.0 Å². The number of hydrogen-bond acceptors (Lipinski definition) is 2. The van der Waals surface area contributed by atoms with Crippen molar-refractivity contribution in [3.8, 4) is 0 Å². The van der Waals surface area contributed by atoms with Crippen LogP contribution in [0.4, 0.5) is 10.5 Å². The van der Waals surface area contributed by atoms with E-state index < -0.39 is 0 Å². The Kier molecular flexibility index (Phi) is 5.63. The van der Waals surface area contributed by atoms with Gasteiger partial charge in [0.1, 0.15) is 0 Å². The van der Waals surface area contributed by atoms with Crippen molar-refractivity contribution >= 4 is 40.2 Å². The van der Waals surface area contributed by atoms with Crippen molar-refractivity contribution in [3.63, 3.8) is 0 Å². The number of likely N-dealkylation sites (tertiary alicyclic amines) is 2. The standard InChI is InChI=1S/C18H24IN3O2/c1-13-12-15(19)4-5-16(13)20-17(23)14-6-10-22(11-7-14)18(24)21-8-2-3-9-21/h4-5,12,14H,2-3,6-11H2,1H3,(H,20,23). The molecule has 1 aromatic carbocycles. The molecule has 0 saturated carbocycles. The summed E-state index contributed by atoms with van der Waals surface area (Å²) in [4.78, 5) is 28.8. The lowest BCUT2D eigenvalue weighted by molar-refractivity contribution is -0.121. The zero-order valence-corrected chi connectivity index (χ0v) is 16.2. The second kappa shape index (κ2) is 7.72. The minimum Gasteiger partial charge on any atom is -0.326 e. The largest absolute Gasteiger partial charge is 0.326 e. The summed E-state index contributed by atoms with van der Waals surface area (Å²) in [5, 5.41) is 3.05. The lowest BCUT2D eigenvalue weighted by Gasteiger charge is -2.34. The number of halogens is 1. The van der Waals surface area contributed by atoms with Crippen molar-refractivity contribution in [2.45, 2.75) is 32.6 Å². The number of carbonyl (C=O) groups excluding carboxylic acids is 2. The van der Waals surface area contributed by atoms with Crippen molar-refractivity contribution in [1.82, 2.24) is 9.80 Å². The fourth-order valence-corrected chi connectivity index (χ4v) is 4.09. The Bertz CT molecular complexity index is 621. The summed E-state index contributed by atoms with van der Waals surface area (Å²) in [6.07, 6.45) is 3.71. The molecule has 1 aromatic rings. The number of urea groups is 1. The Labute approximate surface area is 156 Å². The monoisotopic (exact) mass is 441 g/mol. The van der Waals surface area contributed by atoms with E-state index in [9.17, 15) is 9.59 Å². The van der Waals surface area contributed by atoms with Gasteiger partial charge in [-0.15, -0.1) is 0 Å². The van der Waals surface area contributed by atoms with Crippen LogP contribution in [-0.2, 0) is 4.79 Å². The number of hydrogen-bond donors (Lipinski definition) is 1. The normalized spacial score (nSPS) is 18.8. The van der Waals surface area contributed by atoms with Crippen LogP contribution in [0.15, 0.2) is 18.2 Å². The van der Waals surface area contributed by atoms with Crippen LogP contribution in [0.1, 0.15) is 31.2 Å². The first-order chi connectivity index (χ1) is 11.5. The molecule has 0 atom stereocenters. The van der Waals surface area contributed by atoms with Gasteiger partial charge in [0.25, 0.3) is 0 Å². The van der Waals surface area contributed by atoms with Crippen molar-refractivity contribution in [2.75, 3.05) is 31.5 Å². The third kappa shape index (κ3) is 4.02. The molecule has 2 aliphatic heterocycles. The van der Waals surface area contributed by atoms with Crippen LogP contribution >= 0.6 is 22.6 Å².